The maximum absolute atomic E-state index is 14.2. The molecule has 10 heteroatoms. The van der Waals surface area contributed by atoms with E-state index in [2.05, 4.69) is 9.69 Å². The summed E-state index contributed by atoms with van der Waals surface area (Å²) < 4.78 is 9.31. The number of aromatic nitrogens is 1. The minimum absolute atomic E-state index is 0.0410. The molecule has 1 heterocycles. The van der Waals surface area contributed by atoms with Gasteiger partial charge in [-0.25, -0.2) is 0 Å². The number of carbonyl (C=O) groups excluding carboxylic acids is 3. The Balaban J connectivity index is 1.88. The van der Waals surface area contributed by atoms with Crippen LogP contribution in [0.15, 0.2) is 42.5 Å². The lowest BCUT2D eigenvalue weighted by molar-refractivity contribution is -0.123. The van der Waals surface area contributed by atoms with E-state index < -0.39 is 17.9 Å². The number of rotatable bonds is 8. The summed E-state index contributed by atoms with van der Waals surface area (Å²) in [5.74, 6) is -1.04. The Morgan fingerprint density at radius 2 is 1.78 bits per heavy atom. The molecule has 0 bridgehead atoms. The van der Waals surface area contributed by atoms with Crippen LogP contribution in [0.3, 0.4) is 0 Å². The Hall–Kier alpha value is -3.92. The van der Waals surface area contributed by atoms with Crippen molar-refractivity contribution >= 4 is 40.6 Å². The predicted molar refractivity (Wildman–Crippen MR) is 144 cm³/mol. The van der Waals surface area contributed by atoms with E-state index in [0.717, 1.165) is 48.3 Å². The molecule has 1 aliphatic carbocycles. The minimum Gasteiger partial charge on any atom is -0.497 e. The molecular weight excluding hydrogens is 490 g/mol. The zero-order valence-electron chi connectivity index (χ0n) is 21.1. The van der Waals surface area contributed by atoms with Gasteiger partial charge in [-0.05, 0) is 67.5 Å². The first-order chi connectivity index (χ1) is 17.7. The molecule has 9 nitrogen and oxygen atoms in total. The predicted octanol–water partition coefficient (Wildman–Crippen LogP) is 3.90. The molecule has 1 atom stereocenters. The molecule has 194 valence electrons. The third-order valence-corrected chi connectivity index (χ3v) is 7.48. The molecule has 1 aliphatic rings. The standard InChI is InChI=1S/C27H31N5O4S/c1-15-8-13-20(16(2)14-15)32(27(35)24-21(28)22(25(29)33)31-37-24)23(17-9-11-19(36-3)12-10-17)26(34)30-18-6-4-5-7-18/h8-14,18,23H,4-7,28H2,1-3H3,(H2,29,33)(H,30,34)/t23-/m1/s1. The van der Waals surface area contributed by atoms with Crippen LogP contribution >= 0.6 is 11.5 Å². The first-order valence-electron chi connectivity index (χ1n) is 12.1. The fourth-order valence-electron chi connectivity index (χ4n) is 4.73. The number of aryl methyl sites for hydroxylation is 2. The van der Waals surface area contributed by atoms with Crippen molar-refractivity contribution in [2.45, 2.75) is 51.6 Å². The van der Waals surface area contributed by atoms with Crippen LogP contribution in [-0.2, 0) is 4.79 Å². The van der Waals surface area contributed by atoms with E-state index in [1.165, 1.54) is 4.90 Å². The molecule has 0 unspecified atom stereocenters. The average Bonchev–Trinajstić information content (AvgIpc) is 3.52. The molecule has 0 spiro atoms. The van der Waals surface area contributed by atoms with Gasteiger partial charge in [0, 0.05) is 11.7 Å². The molecule has 1 saturated carbocycles. The molecule has 0 aliphatic heterocycles. The fourth-order valence-corrected chi connectivity index (χ4v) is 5.48. The summed E-state index contributed by atoms with van der Waals surface area (Å²) in [5.41, 5.74) is 14.3. The van der Waals surface area contributed by atoms with E-state index in [0.29, 0.717) is 17.0 Å². The van der Waals surface area contributed by atoms with E-state index in [-0.39, 0.29) is 28.2 Å². The number of nitrogens with one attached hydrogen (secondary N) is 1. The second-order valence-corrected chi connectivity index (χ2v) is 10.0. The summed E-state index contributed by atoms with van der Waals surface area (Å²) in [6.45, 7) is 3.84. The first-order valence-corrected chi connectivity index (χ1v) is 12.9. The van der Waals surface area contributed by atoms with Crippen molar-refractivity contribution in [3.05, 3.63) is 69.7 Å². The van der Waals surface area contributed by atoms with Gasteiger partial charge in [-0.15, -0.1) is 0 Å². The van der Waals surface area contributed by atoms with Crippen molar-refractivity contribution in [3.63, 3.8) is 0 Å². The van der Waals surface area contributed by atoms with Crippen LogP contribution in [0, 0.1) is 13.8 Å². The molecule has 4 rings (SSSR count). The van der Waals surface area contributed by atoms with Gasteiger partial charge in [0.2, 0.25) is 5.91 Å². The SMILES string of the molecule is COc1ccc([C@H](C(=O)NC2CCCC2)N(C(=O)c2snc(C(N)=O)c2N)c2ccc(C)cc2C)cc1. The zero-order chi connectivity index (χ0) is 26.7. The number of methoxy groups -OCH3 is 1. The van der Waals surface area contributed by atoms with E-state index in [4.69, 9.17) is 16.2 Å². The number of hydrogen-bond donors (Lipinski definition) is 3. The maximum Gasteiger partial charge on any atom is 0.273 e. The minimum atomic E-state index is -1.01. The van der Waals surface area contributed by atoms with Crippen LogP contribution in [-0.4, -0.2) is 35.2 Å². The van der Waals surface area contributed by atoms with Crippen molar-refractivity contribution < 1.29 is 19.1 Å². The van der Waals surface area contributed by atoms with Crippen LogP contribution in [0.2, 0.25) is 0 Å². The zero-order valence-corrected chi connectivity index (χ0v) is 21.9. The first kappa shape index (κ1) is 26.2. The number of nitrogens with zero attached hydrogens (tertiary/aromatic N) is 2. The van der Waals surface area contributed by atoms with Gasteiger partial charge in [0.15, 0.2) is 5.69 Å². The van der Waals surface area contributed by atoms with Crippen molar-refractivity contribution in [2.24, 2.45) is 5.73 Å². The third-order valence-electron chi connectivity index (χ3n) is 6.63. The molecular formula is C27H31N5O4S. The van der Waals surface area contributed by atoms with Crippen molar-refractivity contribution in [1.82, 2.24) is 9.69 Å². The monoisotopic (exact) mass is 521 g/mol. The number of carbonyl (C=O) groups is 3. The van der Waals surface area contributed by atoms with Gasteiger partial charge in [0.1, 0.15) is 16.7 Å². The number of benzene rings is 2. The van der Waals surface area contributed by atoms with E-state index >= 15 is 0 Å². The third kappa shape index (κ3) is 5.43. The summed E-state index contributed by atoms with van der Waals surface area (Å²) in [7, 11) is 1.56. The molecule has 1 aromatic heterocycles. The smallest absolute Gasteiger partial charge is 0.273 e. The Labute approximate surface area is 220 Å². The topological polar surface area (TPSA) is 141 Å². The number of amides is 3. The molecule has 2 aromatic carbocycles. The molecule has 0 radical (unpaired) electrons. The van der Waals surface area contributed by atoms with Crippen molar-refractivity contribution in [1.29, 1.82) is 0 Å². The van der Waals surface area contributed by atoms with Crippen LogP contribution in [0.5, 0.6) is 5.75 Å². The number of anilines is 2. The highest BCUT2D eigenvalue weighted by Gasteiger charge is 2.37. The lowest BCUT2D eigenvalue weighted by atomic mass is 10.00. The largest absolute Gasteiger partial charge is 0.497 e. The molecule has 0 saturated heterocycles. The lowest BCUT2D eigenvalue weighted by Gasteiger charge is -2.33. The fraction of sp³-hybridized carbons (Fsp3) is 0.333. The second kappa shape index (κ2) is 11.0. The number of nitrogens with two attached hydrogens (primary N) is 2. The van der Waals surface area contributed by atoms with Gasteiger partial charge >= 0.3 is 0 Å². The normalized spacial score (nSPS) is 14.2. The Morgan fingerprint density at radius 1 is 1.11 bits per heavy atom. The average molecular weight is 522 g/mol. The molecule has 3 aromatic rings. The van der Waals surface area contributed by atoms with E-state index in [9.17, 15) is 14.4 Å². The summed E-state index contributed by atoms with van der Waals surface area (Å²) in [6, 6.07) is 11.7. The highest BCUT2D eigenvalue weighted by Crippen LogP contribution is 2.36. The number of ether oxygens (including phenoxy) is 1. The highest BCUT2D eigenvalue weighted by molar-refractivity contribution is 7.09. The highest BCUT2D eigenvalue weighted by atomic mass is 32.1. The maximum atomic E-state index is 14.2. The van der Waals surface area contributed by atoms with Gasteiger partial charge in [-0.2, -0.15) is 4.37 Å². The Morgan fingerprint density at radius 3 is 2.35 bits per heavy atom. The second-order valence-electron chi connectivity index (χ2n) is 9.27. The van der Waals surface area contributed by atoms with Crippen molar-refractivity contribution in [3.8, 4) is 5.75 Å². The lowest BCUT2D eigenvalue weighted by Crippen LogP contribution is -2.46. The number of nitrogen functional groups attached to an aromatic ring is 1. The van der Waals surface area contributed by atoms with Gasteiger partial charge in [0.25, 0.3) is 11.8 Å². The Kier molecular flexibility index (Phi) is 7.77. The van der Waals surface area contributed by atoms with Crippen LogP contribution < -0.4 is 26.4 Å². The molecule has 3 amide bonds. The number of hydrogen-bond acceptors (Lipinski definition) is 7. The molecule has 1 fully saturated rings. The van der Waals surface area contributed by atoms with E-state index in [1.807, 2.05) is 32.0 Å². The summed E-state index contributed by atoms with van der Waals surface area (Å²) in [4.78, 5) is 41.4. The summed E-state index contributed by atoms with van der Waals surface area (Å²) in [6.07, 6.45) is 3.88. The van der Waals surface area contributed by atoms with Gasteiger partial charge in [-0.3, -0.25) is 19.3 Å². The summed E-state index contributed by atoms with van der Waals surface area (Å²) >= 11 is 0.789. The summed E-state index contributed by atoms with van der Waals surface area (Å²) in [5, 5.41) is 3.15. The number of primary amides is 1. The van der Waals surface area contributed by atoms with Crippen LogP contribution in [0.4, 0.5) is 11.4 Å². The van der Waals surface area contributed by atoms with Gasteiger partial charge in [-0.1, -0.05) is 42.7 Å². The molecule has 5 N–H and O–H groups in total. The van der Waals surface area contributed by atoms with Gasteiger partial charge < -0.3 is 21.5 Å². The van der Waals surface area contributed by atoms with Crippen molar-refractivity contribution in [2.75, 3.05) is 17.7 Å². The Bertz CT molecular complexity index is 1310. The van der Waals surface area contributed by atoms with E-state index in [1.54, 1.807) is 31.4 Å². The van der Waals surface area contributed by atoms with Crippen LogP contribution in [0.25, 0.3) is 0 Å². The quantitative estimate of drug-likeness (QED) is 0.411. The molecule has 37 heavy (non-hydrogen) atoms. The van der Waals surface area contributed by atoms with Gasteiger partial charge in [0.05, 0.1) is 12.8 Å². The van der Waals surface area contributed by atoms with Crippen LogP contribution in [0.1, 0.15) is 68.6 Å².